The van der Waals surface area contributed by atoms with Gasteiger partial charge in [0, 0.05) is 58.2 Å². The lowest BCUT2D eigenvalue weighted by Gasteiger charge is -2.27. The van der Waals surface area contributed by atoms with Gasteiger partial charge in [-0.25, -0.2) is 19.4 Å². The second kappa shape index (κ2) is 14.8. The van der Waals surface area contributed by atoms with Crippen molar-refractivity contribution in [2.75, 3.05) is 49.9 Å². The van der Waals surface area contributed by atoms with Crippen molar-refractivity contribution in [3.63, 3.8) is 0 Å². The molecular weight excluding hydrogens is 681 g/mol. The average molecular weight is 717 g/mol. The van der Waals surface area contributed by atoms with Crippen molar-refractivity contribution in [3.8, 4) is 17.1 Å². The van der Waals surface area contributed by atoms with Crippen LogP contribution < -0.4 is 21.3 Å². The monoisotopic (exact) mass is 716 g/mol. The van der Waals surface area contributed by atoms with E-state index < -0.39 is 29.5 Å². The fourth-order valence-electron chi connectivity index (χ4n) is 5.06. The summed E-state index contributed by atoms with van der Waals surface area (Å²) in [5, 5.41) is 15.4. The highest BCUT2D eigenvalue weighted by molar-refractivity contribution is 6.34. The number of aromatic nitrogens is 5. The molecule has 5 rings (SSSR count). The van der Waals surface area contributed by atoms with Crippen molar-refractivity contribution < 1.29 is 32.3 Å². The Labute approximate surface area is 290 Å². The molecule has 1 aliphatic rings. The van der Waals surface area contributed by atoms with Gasteiger partial charge in [-0.05, 0) is 51.1 Å². The zero-order valence-corrected chi connectivity index (χ0v) is 28.4. The molecule has 1 fully saturated rings. The first-order valence-corrected chi connectivity index (χ1v) is 16.0. The third kappa shape index (κ3) is 8.70. The number of rotatable bonds is 9. The van der Waals surface area contributed by atoms with E-state index in [1.54, 1.807) is 31.7 Å². The fourth-order valence-corrected chi connectivity index (χ4v) is 5.32. The van der Waals surface area contributed by atoms with E-state index in [0.717, 1.165) is 17.1 Å². The van der Waals surface area contributed by atoms with E-state index in [2.05, 4.69) is 36.3 Å². The number of pyridine rings is 1. The molecule has 0 unspecified atom stereocenters. The highest BCUT2D eigenvalue weighted by atomic mass is 35.5. The first-order valence-electron chi connectivity index (χ1n) is 15.6. The molecule has 4 N–H and O–H groups in total. The number of nitrogens with one attached hydrogen (secondary N) is 4. The molecule has 266 valence electrons. The van der Waals surface area contributed by atoms with E-state index in [0.29, 0.717) is 38.4 Å². The van der Waals surface area contributed by atoms with Crippen LogP contribution in [0.3, 0.4) is 0 Å². The summed E-state index contributed by atoms with van der Waals surface area (Å²) < 4.78 is 49.9. The maximum atomic E-state index is 14.2. The number of carbonyl (C=O) groups excluding carboxylic acids is 3. The first kappa shape index (κ1) is 36.1. The molecule has 4 heterocycles. The second-order valence-corrected chi connectivity index (χ2v) is 12.7. The lowest BCUT2D eigenvalue weighted by molar-refractivity contribution is -0.140. The van der Waals surface area contributed by atoms with Crippen molar-refractivity contribution in [1.82, 2.24) is 39.8 Å². The van der Waals surface area contributed by atoms with E-state index in [1.807, 2.05) is 0 Å². The quantitative estimate of drug-likeness (QED) is 0.182. The van der Waals surface area contributed by atoms with E-state index in [1.165, 1.54) is 42.1 Å². The lowest BCUT2D eigenvalue weighted by Crippen LogP contribution is -2.46. The molecule has 0 saturated carbocycles. The molecule has 1 saturated heterocycles. The number of imidazole rings is 1. The lowest BCUT2D eigenvalue weighted by atomic mass is 10.1. The number of alkyl carbamates (subject to hydrolysis) is 1. The van der Waals surface area contributed by atoms with E-state index in [-0.39, 0.29) is 51.6 Å². The number of hydrogen-bond acceptors (Lipinski definition) is 9. The number of benzene rings is 1. The van der Waals surface area contributed by atoms with Crippen LogP contribution in [-0.4, -0.2) is 92.0 Å². The average Bonchev–Trinajstić information content (AvgIpc) is 3.67. The Kier molecular flexibility index (Phi) is 10.7. The van der Waals surface area contributed by atoms with Crippen LogP contribution in [-0.2, 0) is 18.0 Å². The molecule has 3 aromatic heterocycles. The Bertz CT molecular complexity index is 1860. The third-order valence-corrected chi connectivity index (χ3v) is 7.73. The number of amides is 3. The van der Waals surface area contributed by atoms with Crippen molar-refractivity contribution in [2.45, 2.75) is 32.5 Å². The van der Waals surface area contributed by atoms with Crippen molar-refractivity contribution >= 4 is 40.9 Å². The zero-order chi connectivity index (χ0) is 36.2. The molecule has 0 atom stereocenters. The Morgan fingerprint density at radius 2 is 1.72 bits per heavy atom. The number of ether oxygens (including phenoxy) is 1. The number of carbonyl (C=O) groups is 3. The van der Waals surface area contributed by atoms with Crippen LogP contribution in [0.15, 0.2) is 48.9 Å². The summed E-state index contributed by atoms with van der Waals surface area (Å²) in [6.45, 7) is 8.31. The highest BCUT2D eigenvalue weighted by Gasteiger charge is 2.39. The van der Waals surface area contributed by atoms with Crippen molar-refractivity contribution in [2.24, 2.45) is 7.05 Å². The summed E-state index contributed by atoms with van der Waals surface area (Å²) in [5.74, 6) is -0.998. The highest BCUT2D eigenvalue weighted by Crippen LogP contribution is 2.37. The Morgan fingerprint density at radius 3 is 2.36 bits per heavy atom. The topological polar surface area (TPSA) is 160 Å². The standard InChI is InChI=1S/C32H36ClF3N10O4/c1-31(2,3)50-30(49)39-10-9-38-20-6-8-25(40-16-20)46-18-22(26(43-46)32(34,35)36)24-17-41-27(44(24)4)28(47)42-19-5-7-21(23(33)15-19)29(48)45-13-11-37-12-14-45/h5-8,15-18,37-38H,9-14H2,1-4H3,(H,39,49)(H,42,47). The van der Waals surface area contributed by atoms with Gasteiger partial charge in [-0.15, -0.1) is 0 Å². The molecule has 1 aliphatic heterocycles. The van der Waals surface area contributed by atoms with E-state index in [9.17, 15) is 27.6 Å². The molecule has 3 amide bonds. The molecular formula is C32H36ClF3N10O4. The minimum absolute atomic E-state index is 0.0144. The van der Waals surface area contributed by atoms with Crippen LogP contribution in [0.25, 0.3) is 17.1 Å². The number of halogens is 4. The van der Waals surface area contributed by atoms with Gasteiger partial charge >= 0.3 is 12.3 Å². The smallest absolute Gasteiger partial charge is 0.435 e. The summed E-state index contributed by atoms with van der Waals surface area (Å²) >= 11 is 6.39. The fraction of sp³-hybridized carbons (Fsp3) is 0.375. The molecule has 1 aromatic carbocycles. The zero-order valence-electron chi connectivity index (χ0n) is 27.7. The number of piperazine rings is 1. The largest absolute Gasteiger partial charge is 0.444 e. The van der Waals surface area contributed by atoms with Gasteiger partial charge in [-0.3, -0.25) is 9.59 Å². The molecule has 0 radical (unpaired) electrons. The maximum Gasteiger partial charge on any atom is 0.435 e. The van der Waals surface area contributed by atoms with Gasteiger partial charge in [0.05, 0.1) is 39.9 Å². The van der Waals surface area contributed by atoms with Gasteiger partial charge in [-0.2, -0.15) is 18.3 Å². The molecule has 14 nitrogen and oxygen atoms in total. The van der Waals surface area contributed by atoms with Crippen LogP contribution in [0.5, 0.6) is 0 Å². The molecule has 50 heavy (non-hydrogen) atoms. The van der Waals surface area contributed by atoms with Gasteiger partial charge in [0.1, 0.15) is 5.60 Å². The molecule has 18 heteroatoms. The van der Waals surface area contributed by atoms with Gasteiger partial charge < -0.3 is 35.5 Å². The van der Waals surface area contributed by atoms with Crippen molar-refractivity contribution in [1.29, 1.82) is 0 Å². The predicted octanol–water partition coefficient (Wildman–Crippen LogP) is 4.57. The van der Waals surface area contributed by atoms with Crippen molar-refractivity contribution in [3.05, 3.63) is 71.0 Å². The maximum absolute atomic E-state index is 14.2. The van der Waals surface area contributed by atoms with Crippen LogP contribution in [0.4, 0.5) is 29.3 Å². The number of nitrogens with zero attached hydrogens (tertiary/aromatic N) is 6. The molecule has 4 aromatic rings. The Morgan fingerprint density at radius 1 is 1.00 bits per heavy atom. The minimum atomic E-state index is -4.84. The second-order valence-electron chi connectivity index (χ2n) is 12.3. The third-order valence-electron chi connectivity index (χ3n) is 7.42. The Hall–Kier alpha value is -5.16. The number of hydrogen-bond donors (Lipinski definition) is 4. The van der Waals surface area contributed by atoms with Gasteiger partial charge in [0.25, 0.3) is 11.8 Å². The van der Waals surface area contributed by atoms with E-state index in [4.69, 9.17) is 16.3 Å². The van der Waals surface area contributed by atoms with Gasteiger partial charge in [-0.1, -0.05) is 11.6 Å². The van der Waals surface area contributed by atoms with Gasteiger partial charge in [0.2, 0.25) is 0 Å². The molecule has 0 aliphatic carbocycles. The number of anilines is 2. The first-order chi connectivity index (χ1) is 23.6. The molecule has 0 bridgehead atoms. The normalized spacial score (nSPS) is 13.6. The SMILES string of the molecule is Cn1c(-c2cn(-c3ccc(NCCNC(=O)OC(C)(C)C)cn3)nc2C(F)(F)F)cnc1C(=O)Nc1ccc(C(=O)N2CCNCC2)c(Cl)c1. The minimum Gasteiger partial charge on any atom is -0.444 e. The molecule has 0 spiro atoms. The predicted molar refractivity (Wildman–Crippen MR) is 179 cm³/mol. The summed E-state index contributed by atoms with van der Waals surface area (Å²) in [6, 6.07) is 7.55. The van der Waals surface area contributed by atoms with Crippen LogP contribution in [0, 0.1) is 0 Å². The number of alkyl halides is 3. The van der Waals surface area contributed by atoms with Crippen LogP contribution in [0.2, 0.25) is 5.02 Å². The van der Waals surface area contributed by atoms with Crippen LogP contribution in [0.1, 0.15) is 47.4 Å². The summed E-state index contributed by atoms with van der Waals surface area (Å²) in [5.41, 5.74) is -1.03. The summed E-state index contributed by atoms with van der Waals surface area (Å²) in [4.78, 5) is 47.8. The Balaban J connectivity index is 1.28. The summed E-state index contributed by atoms with van der Waals surface area (Å²) in [7, 11) is 1.41. The summed E-state index contributed by atoms with van der Waals surface area (Å²) in [6.07, 6.45) is -1.66. The van der Waals surface area contributed by atoms with Crippen LogP contribution >= 0.6 is 11.6 Å². The van der Waals surface area contributed by atoms with Gasteiger partial charge in [0.15, 0.2) is 17.3 Å². The van der Waals surface area contributed by atoms with E-state index >= 15 is 0 Å².